The first-order chi connectivity index (χ1) is 11.8. The number of thiazole rings is 1. The van der Waals surface area contributed by atoms with Crippen molar-refractivity contribution in [2.75, 3.05) is 5.32 Å². The third kappa shape index (κ3) is 2.91. The van der Waals surface area contributed by atoms with Crippen LogP contribution in [0, 0.1) is 0 Å². The summed E-state index contributed by atoms with van der Waals surface area (Å²) in [4.78, 5) is 13.4. The molecular formula is C18H14N4OS. The minimum atomic E-state index is 0.0220. The number of anilines is 1. The second-order valence-electron chi connectivity index (χ2n) is 5.28. The van der Waals surface area contributed by atoms with Crippen LogP contribution in [0.25, 0.3) is 11.6 Å². The van der Waals surface area contributed by atoms with Crippen LogP contribution >= 0.6 is 11.3 Å². The number of rotatable bonds is 4. The first kappa shape index (κ1) is 14.6. The number of hydrogen-bond donors (Lipinski definition) is 2. The zero-order valence-electron chi connectivity index (χ0n) is 12.7. The van der Waals surface area contributed by atoms with E-state index in [1.165, 1.54) is 11.3 Å². The molecule has 5 nitrogen and oxygen atoms in total. The number of fused-ring (bicyclic) bond motifs is 1. The molecule has 2 aromatic heterocycles. The predicted octanol–water partition coefficient (Wildman–Crippen LogP) is 4.11. The first-order valence-corrected chi connectivity index (χ1v) is 8.30. The molecular weight excluding hydrogens is 320 g/mol. The number of aromatic nitrogens is 2. The van der Waals surface area contributed by atoms with Crippen molar-refractivity contribution in [3.8, 4) is 5.88 Å². The smallest absolute Gasteiger partial charge is 0.231 e. The normalized spacial score (nSPS) is 14.1. The molecule has 0 bridgehead atoms. The molecule has 1 aliphatic heterocycles. The van der Waals surface area contributed by atoms with Gasteiger partial charge in [-0.25, -0.2) is 9.98 Å². The topological polar surface area (TPSA) is 70.4 Å². The number of nitrogens with one attached hydrogen (secondary N) is 1. The zero-order chi connectivity index (χ0) is 16.4. The number of allylic oxidation sites excluding steroid dienone is 1. The van der Waals surface area contributed by atoms with E-state index in [0.29, 0.717) is 22.4 Å². The van der Waals surface area contributed by atoms with Crippen molar-refractivity contribution in [1.29, 1.82) is 0 Å². The van der Waals surface area contributed by atoms with E-state index < -0.39 is 0 Å². The van der Waals surface area contributed by atoms with Crippen LogP contribution in [-0.2, 0) is 6.54 Å². The molecule has 0 spiro atoms. The molecule has 0 amide bonds. The maximum absolute atomic E-state index is 10.1. The monoisotopic (exact) mass is 334 g/mol. The Morgan fingerprint density at radius 1 is 1.12 bits per heavy atom. The molecule has 0 atom stereocenters. The number of aliphatic imine (C=N–C) groups is 1. The Balaban J connectivity index is 1.54. The van der Waals surface area contributed by atoms with Gasteiger partial charge in [0.15, 0.2) is 10.9 Å². The Morgan fingerprint density at radius 2 is 2.00 bits per heavy atom. The fourth-order valence-corrected chi connectivity index (χ4v) is 3.26. The van der Waals surface area contributed by atoms with Gasteiger partial charge < -0.3 is 10.4 Å². The summed E-state index contributed by atoms with van der Waals surface area (Å²) in [5.41, 5.74) is 3.05. The van der Waals surface area contributed by atoms with Crippen molar-refractivity contribution >= 4 is 40.1 Å². The maximum Gasteiger partial charge on any atom is 0.231 e. The highest BCUT2D eigenvalue weighted by Gasteiger charge is 2.15. The molecule has 24 heavy (non-hydrogen) atoms. The number of benzene rings is 1. The molecule has 118 valence electrons. The molecule has 0 fully saturated rings. The largest absolute Gasteiger partial charge is 0.492 e. The number of pyridine rings is 1. The summed E-state index contributed by atoms with van der Waals surface area (Å²) in [6.07, 6.45) is 5.36. The molecule has 3 heterocycles. The molecule has 2 N–H and O–H groups in total. The Labute approximate surface area is 143 Å². The van der Waals surface area contributed by atoms with Crippen LogP contribution in [0.5, 0.6) is 5.88 Å². The van der Waals surface area contributed by atoms with Crippen LogP contribution in [0.1, 0.15) is 16.0 Å². The lowest BCUT2D eigenvalue weighted by atomic mass is 10.1. The van der Waals surface area contributed by atoms with Crippen LogP contribution in [0.2, 0.25) is 0 Å². The summed E-state index contributed by atoms with van der Waals surface area (Å²) in [5.74, 6) is 0.726. The van der Waals surface area contributed by atoms with Crippen molar-refractivity contribution < 1.29 is 5.11 Å². The summed E-state index contributed by atoms with van der Waals surface area (Å²) < 4.78 is 0. The lowest BCUT2D eigenvalue weighted by Crippen LogP contribution is -1.97. The van der Waals surface area contributed by atoms with E-state index in [4.69, 9.17) is 0 Å². The molecule has 0 saturated carbocycles. The van der Waals surface area contributed by atoms with E-state index in [1.807, 2.05) is 48.5 Å². The minimum absolute atomic E-state index is 0.0220. The average molecular weight is 334 g/mol. The van der Waals surface area contributed by atoms with Crippen molar-refractivity contribution in [2.45, 2.75) is 6.54 Å². The van der Waals surface area contributed by atoms with Crippen molar-refractivity contribution in [2.24, 2.45) is 4.99 Å². The van der Waals surface area contributed by atoms with E-state index in [2.05, 4.69) is 20.3 Å². The highest BCUT2D eigenvalue weighted by atomic mass is 32.1. The van der Waals surface area contributed by atoms with Gasteiger partial charge in [0, 0.05) is 30.1 Å². The summed E-state index contributed by atoms with van der Waals surface area (Å²) >= 11 is 1.41. The lowest BCUT2D eigenvalue weighted by Gasteiger charge is -2.01. The van der Waals surface area contributed by atoms with Gasteiger partial charge in [0.1, 0.15) is 0 Å². The van der Waals surface area contributed by atoms with Gasteiger partial charge in [-0.2, -0.15) is 4.98 Å². The number of nitrogens with zero attached hydrogens (tertiary/aromatic N) is 3. The van der Waals surface area contributed by atoms with Crippen molar-refractivity contribution in [3.05, 3.63) is 64.7 Å². The summed E-state index contributed by atoms with van der Waals surface area (Å²) in [7, 11) is 0. The van der Waals surface area contributed by atoms with Crippen molar-refractivity contribution in [3.63, 3.8) is 0 Å². The standard InChI is InChI=1S/C18H14N4OS/c23-17-15(9-13-11-20-16-14(13)7-4-8-19-16)24-18(22-17)21-10-12-5-2-1-3-6-12/h1-9,11,23H,10H2,(H,21,22). The summed E-state index contributed by atoms with van der Waals surface area (Å²) in [5, 5.41) is 14.0. The number of hydrogen-bond acceptors (Lipinski definition) is 6. The molecule has 1 aromatic carbocycles. The van der Waals surface area contributed by atoms with Gasteiger partial charge in [-0.1, -0.05) is 41.7 Å². The molecule has 0 saturated heterocycles. The maximum atomic E-state index is 10.1. The van der Waals surface area contributed by atoms with Gasteiger partial charge in [-0.15, -0.1) is 0 Å². The number of aromatic hydroxyl groups is 1. The molecule has 0 aliphatic carbocycles. The fraction of sp³-hybridized carbons (Fsp3) is 0.0556. The van der Waals surface area contributed by atoms with Crippen LogP contribution in [0.3, 0.4) is 0 Å². The van der Waals surface area contributed by atoms with Crippen LogP contribution < -0.4 is 5.32 Å². The Kier molecular flexibility index (Phi) is 3.80. The van der Waals surface area contributed by atoms with E-state index in [-0.39, 0.29) is 5.88 Å². The van der Waals surface area contributed by atoms with E-state index in [0.717, 1.165) is 16.7 Å². The van der Waals surface area contributed by atoms with E-state index >= 15 is 0 Å². The SMILES string of the molecule is Oc1nc(NCc2ccccc2)sc1C=C1C=Nc2ncccc21. The van der Waals surface area contributed by atoms with Crippen LogP contribution in [0.15, 0.2) is 53.7 Å². The molecule has 0 unspecified atom stereocenters. The van der Waals surface area contributed by atoms with Crippen molar-refractivity contribution in [1.82, 2.24) is 9.97 Å². The molecule has 1 aliphatic rings. The van der Waals surface area contributed by atoms with Gasteiger partial charge in [0.2, 0.25) is 5.88 Å². The molecule has 0 radical (unpaired) electrons. The van der Waals surface area contributed by atoms with E-state index in [1.54, 1.807) is 12.4 Å². The Hall–Kier alpha value is -2.99. The second kappa shape index (κ2) is 6.25. The van der Waals surface area contributed by atoms with Gasteiger partial charge in [-0.05, 0) is 23.8 Å². The Bertz CT molecular complexity index is 931. The van der Waals surface area contributed by atoms with E-state index in [9.17, 15) is 5.11 Å². The van der Waals surface area contributed by atoms with Gasteiger partial charge in [0.25, 0.3) is 0 Å². The molecule has 4 rings (SSSR count). The predicted molar refractivity (Wildman–Crippen MR) is 97.8 cm³/mol. The third-order valence-electron chi connectivity index (χ3n) is 3.63. The Morgan fingerprint density at radius 3 is 2.88 bits per heavy atom. The first-order valence-electron chi connectivity index (χ1n) is 7.48. The zero-order valence-corrected chi connectivity index (χ0v) is 13.5. The highest BCUT2D eigenvalue weighted by Crippen LogP contribution is 2.35. The summed E-state index contributed by atoms with van der Waals surface area (Å²) in [6, 6.07) is 13.9. The fourth-order valence-electron chi connectivity index (χ4n) is 2.45. The van der Waals surface area contributed by atoms with Crippen LogP contribution in [0.4, 0.5) is 10.9 Å². The second-order valence-corrected chi connectivity index (χ2v) is 6.31. The van der Waals surface area contributed by atoms with Crippen LogP contribution in [-0.4, -0.2) is 21.3 Å². The minimum Gasteiger partial charge on any atom is -0.492 e. The van der Waals surface area contributed by atoms with Gasteiger partial charge in [0.05, 0.1) is 4.88 Å². The average Bonchev–Trinajstić information content (AvgIpc) is 3.18. The van der Waals surface area contributed by atoms with Gasteiger partial charge in [-0.3, -0.25) is 0 Å². The lowest BCUT2D eigenvalue weighted by molar-refractivity contribution is 0.456. The molecule has 3 aromatic rings. The van der Waals surface area contributed by atoms with Gasteiger partial charge >= 0.3 is 0 Å². The quantitative estimate of drug-likeness (QED) is 0.753. The molecule has 6 heteroatoms. The summed E-state index contributed by atoms with van der Waals surface area (Å²) in [6.45, 7) is 0.665. The third-order valence-corrected chi connectivity index (χ3v) is 4.58. The highest BCUT2D eigenvalue weighted by molar-refractivity contribution is 7.16.